The molecule has 1 atom stereocenters. The number of anilines is 3. The van der Waals surface area contributed by atoms with Crippen molar-refractivity contribution in [3.05, 3.63) is 143 Å². The molecule has 9 rings (SSSR count). The number of imide groups is 1. The van der Waals surface area contributed by atoms with E-state index in [1.54, 1.807) is 12.1 Å². The van der Waals surface area contributed by atoms with Crippen molar-refractivity contribution in [1.29, 1.82) is 0 Å². The fourth-order valence-electron chi connectivity index (χ4n) is 10.6. The first-order valence-electron chi connectivity index (χ1n) is 26.7. The number of nitrogens with one attached hydrogen (secondary N) is 3. The molecule has 5 aromatic rings. The highest BCUT2D eigenvalue weighted by Gasteiger charge is 2.48. The highest BCUT2D eigenvalue weighted by atomic mass is 35.5. The standard InChI is InChI=1S/C57H64ClF4N9O7S3/c1-56(2)21-18-48(39-8-12-42(58)13-9-39)41(34-56)36-68-28-30-70(31-29-68)44-14-10-40(11-15-44)54(73)66-81(77,78)47-16-17-50(52(33-47)80(75,76)57(60,61)62)64-43(38-79-46-6-4-3-5-7-46)19-22-67-24-26-69(27-25-67)37-51-49(59)32-45(35-63-51)71-23-20-53(72)65-55(71)74/h3-17,32-33,35,43,64H,18-31,34,36-38H2,1-2H3,(H,66,73)(H,65,72,74)/t43-/m1/s1. The van der Waals surface area contributed by atoms with Gasteiger partial charge in [-0.15, -0.1) is 11.8 Å². The normalized spacial score (nSPS) is 18.4. The first kappa shape index (κ1) is 59.5. The molecule has 4 aliphatic rings. The molecule has 3 aliphatic heterocycles. The molecule has 3 fully saturated rings. The summed E-state index contributed by atoms with van der Waals surface area (Å²) in [5.41, 5.74) is -0.880. The van der Waals surface area contributed by atoms with Crippen LogP contribution in [0.15, 0.2) is 130 Å². The number of carbonyl (C=O) groups is 3. The number of nitrogens with zero attached hydrogens (tertiary/aromatic N) is 6. The van der Waals surface area contributed by atoms with E-state index < -0.39 is 70.6 Å². The Morgan fingerprint density at radius 3 is 2.14 bits per heavy atom. The van der Waals surface area contributed by atoms with Crippen molar-refractivity contribution in [1.82, 2.24) is 29.7 Å². The van der Waals surface area contributed by atoms with Gasteiger partial charge in [-0.3, -0.25) is 34.6 Å². The van der Waals surface area contributed by atoms with E-state index in [0.29, 0.717) is 63.3 Å². The number of alkyl halides is 3. The largest absolute Gasteiger partial charge is 0.501 e. The van der Waals surface area contributed by atoms with Gasteiger partial charge in [0.15, 0.2) is 0 Å². The van der Waals surface area contributed by atoms with Gasteiger partial charge in [-0.05, 0) is 109 Å². The Bertz CT molecular complexity index is 3360. The topological polar surface area (TPSA) is 185 Å². The maximum absolute atomic E-state index is 15.3. The lowest BCUT2D eigenvalue weighted by atomic mass is 9.73. The van der Waals surface area contributed by atoms with Crippen LogP contribution in [0.4, 0.5) is 39.4 Å². The van der Waals surface area contributed by atoms with Gasteiger partial charge in [-0.2, -0.15) is 13.2 Å². The molecule has 0 unspecified atom stereocenters. The first-order valence-corrected chi connectivity index (χ1v) is 31.0. The summed E-state index contributed by atoms with van der Waals surface area (Å²) in [6.45, 7) is 11.3. The zero-order chi connectivity index (χ0) is 57.7. The summed E-state index contributed by atoms with van der Waals surface area (Å²) in [5, 5.41) is 5.90. The van der Waals surface area contributed by atoms with E-state index in [1.807, 2.05) is 52.1 Å². The average molecular weight is 1190 g/mol. The van der Waals surface area contributed by atoms with Gasteiger partial charge in [-0.1, -0.05) is 61.4 Å². The number of piperazine rings is 2. The van der Waals surface area contributed by atoms with Crippen molar-refractivity contribution in [2.45, 2.75) is 78.7 Å². The van der Waals surface area contributed by atoms with Crippen LogP contribution in [0.2, 0.25) is 5.02 Å². The van der Waals surface area contributed by atoms with E-state index in [-0.39, 0.29) is 47.6 Å². The molecular formula is C57H64ClF4N9O7S3. The Kier molecular flexibility index (Phi) is 18.5. The van der Waals surface area contributed by atoms with E-state index in [0.717, 1.165) is 61.6 Å². The number of urea groups is 1. The zero-order valence-electron chi connectivity index (χ0n) is 44.9. The Morgan fingerprint density at radius 1 is 0.802 bits per heavy atom. The summed E-state index contributed by atoms with van der Waals surface area (Å²) >= 11 is 7.60. The number of rotatable bonds is 19. The van der Waals surface area contributed by atoms with Crippen LogP contribution in [0.3, 0.4) is 0 Å². The van der Waals surface area contributed by atoms with Crippen LogP contribution in [0, 0.1) is 11.2 Å². The smallest absolute Gasteiger partial charge is 0.380 e. The van der Waals surface area contributed by atoms with Gasteiger partial charge in [0.25, 0.3) is 25.8 Å². The van der Waals surface area contributed by atoms with E-state index in [2.05, 4.69) is 56.3 Å². The molecule has 16 nitrogen and oxygen atoms in total. The molecule has 432 valence electrons. The van der Waals surface area contributed by atoms with Crippen LogP contribution in [-0.2, 0) is 31.2 Å². The second-order valence-corrected chi connectivity index (χ2v) is 26.7. The molecule has 0 saturated carbocycles. The summed E-state index contributed by atoms with van der Waals surface area (Å²) in [4.78, 5) is 50.3. The number of carbonyl (C=O) groups excluding carboxylic acids is 3. The van der Waals surface area contributed by atoms with E-state index in [4.69, 9.17) is 11.6 Å². The predicted octanol–water partition coefficient (Wildman–Crippen LogP) is 9.30. The number of amides is 4. The summed E-state index contributed by atoms with van der Waals surface area (Å²) in [5.74, 6) is -1.80. The number of thioether (sulfide) groups is 1. The van der Waals surface area contributed by atoms with Crippen LogP contribution in [-0.4, -0.2) is 144 Å². The third kappa shape index (κ3) is 15.0. The molecule has 3 N–H and O–H groups in total. The van der Waals surface area contributed by atoms with Crippen LogP contribution in [0.25, 0.3) is 5.57 Å². The number of aromatic nitrogens is 1. The molecular weight excluding hydrogens is 1130 g/mol. The maximum atomic E-state index is 15.3. The van der Waals surface area contributed by atoms with Gasteiger partial charge in [0.1, 0.15) is 10.7 Å². The highest BCUT2D eigenvalue weighted by molar-refractivity contribution is 7.99. The fourth-order valence-corrected chi connectivity index (χ4v) is 13.7. The van der Waals surface area contributed by atoms with Crippen molar-refractivity contribution in [2.75, 3.05) is 92.9 Å². The van der Waals surface area contributed by atoms with Crippen molar-refractivity contribution in [2.24, 2.45) is 5.41 Å². The highest BCUT2D eigenvalue weighted by Crippen LogP contribution is 2.43. The Morgan fingerprint density at radius 2 is 1.47 bits per heavy atom. The minimum absolute atomic E-state index is 0.0353. The molecule has 3 saturated heterocycles. The molecule has 0 radical (unpaired) electrons. The summed E-state index contributed by atoms with van der Waals surface area (Å²) in [6, 6.07) is 25.9. The number of hydrogen-bond acceptors (Lipinski definition) is 14. The number of benzene rings is 4. The average Bonchev–Trinajstić information content (AvgIpc) is 3.43. The second-order valence-electron chi connectivity index (χ2n) is 21.5. The third-order valence-corrected chi connectivity index (χ3v) is 19.5. The number of allylic oxidation sites excluding steroid dienone is 1. The molecule has 1 aromatic heterocycles. The summed E-state index contributed by atoms with van der Waals surface area (Å²) in [7, 11) is -11.1. The second kappa shape index (κ2) is 25.2. The predicted molar refractivity (Wildman–Crippen MR) is 306 cm³/mol. The number of sulfone groups is 1. The SMILES string of the molecule is CC1(C)CCC(c2ccc(Cl)cc2)=C(CN2CCN(c3ccc(C(=O)NS(=O)(=O)c4ccc(N[C@H](CCN5CCN(Cc6ncc(N7CCC(=O)NC7=O)cc6F)CC5)CSc5ccccc5)c(S(=O)(=O)C(F)(F)F)c4)cc3)CC2)C1. The monoisotopic (exact) mass is 1190 g/mol. The summed E-state index contributed by atoms with van der Waals surface area (Å²) in [6.07, 6.45) is 4.89. The van der Waals surface area contributed by atoms with E-state index in [9.17, 15) is 44.4 Å². The Balaban J connectivity index is 0.830. The molecule has 81 heavy (non-hydrogen) atoms. The molecule has 0 bridgehead atoms. The van der Waals surface area contributed by atoms with Crippen molar-refractivity contribution >= 4 is 83.7 Å². The van der Waals surface area contributed by atoms with Gasteiger partial charge in [-0.25, -0.2) is 30.7 Å². The van der Waals surface area contributed by atoms with Crippen molar-refractivity contribution in [3.63, 3.8) is 0 Å². The van der Waals surface area contributed by atoms with Gasteiger partial charge in [0, 0.05) is 124 Å². The van der Waals surface area contributed by atoms with Gasteiger partial charge in [0.2, 0.25) is 5.91 Å². The van der Waals surface area contributed by atoms with Crippen LogP contribution in [0.1, 0.15) is 67.6 Å². The van der Waals surface area contributed by atoms with Crippen LogP contribution in [0.5, 0.6) is 0 Å². The van der Waals surface area contributed by atoms with Crippen molar-refractivity contribution < 1.29 is 48.8 Å². The summed E-state index contributed by atoms with van der Waals surface area (Å²) < 4.78 is 115. The van der Waals surface area contributed by atoms with E-state index in [1.165, 1.54) is 57.8 Å². The number of pyridine rings is 1. The molecule has 0 spiro atoms. The van der Waals surface area contributed by atoms with Gasteiger partial charge >= 0.3 is 11.5 Å². The Hall–Kier alpha value is -6.08. The van der Waals surface area contributed by atoms with Gasteiger partial charge < -0.3 is 15.1 Å². The van der Waals surface area contributed by atoms with Crippen LogP contribution < -0.4 is 25.2 Å². The minimum Gasteiger partial charge on any atom is -0.380 e. The first-order chi connectivity index (χ1) is 38.5. The number of halogens is 5. The lowest BCUT2D eigenvalue weighted by Gasteiger charge is -2.39. The lowest BCUT2D eigenvalue weighted by molar-refractivity contribution is -0.120. The Labute approximate surface area is 479 Å². The molecule has 4 aromatic carbocycles. The molecule has 4 heterocycles. The third-order valence-electron chi connectivity index (χ3n) is 15.2. The quantitative estimate of drug-likeness (QED) is 0.0525. The molecule has 1 aliphatic carbocycles. The molecule has 4 amide bonds. The maximum Gasteiger partial charge on any atom is 0.501 e. The fraction of sp³-hybridized carbons (Fsp3) is 0.404. The van der Waals surface area contributed by atoms with Crippen molar-refractivity contribution in [3.8, 4) is 0 Å². The minimum atomic E-state index is -6.15. The zero-order valence-corrected chi connectivity index (χ0v) is 48.1. The van der Waals surface area contributed by atoms with E-state index >= 15 is 4.39 Å². The van der Waals surface area contributed by atoms with Gasteiger partial charge in [0.05, 0.1) is 28.2 Å². The number of sulfonamides is 1. The number of hydrogen-bond donors (Lipinski definition) is 3. The molecule has 24 heteroatoms. The van der Waals surface area contributed by atoms with Crippen LogP contribution >= 0.6 is 23.4 Å². The lowest BCUT2D eigenvalue weighted by Crippen LogP contribution is -2.49.